The number of ether oxygens (including phenoxy) is 2. The van der Waals surface area contributed by atoms with Crippen molar-refractivity contribution < 1.29 is 17.9 Å². The van der Waals surface area contributed by atoms with E-state index in [1.807, 2.05) is 37.3 Å². The molecule has 0 amide bonds. The molecule has 2 aromatic carbocycles. The number of hydrogen-bond donors (Lipinski definition) is 0. The summed E-state index contributed by atoms with van der Waals surface area (Å²) in [5.74, 6) is 2.41. The minimum atomic E-state index is -3.67. The molecule has 178 valence electrons. The van der Waals surface area contributed by atoms with Crippen molar-refractivity contribution in [3.63, 3.8) is 0 Å². The quantitative estimate of drug-likeness (QED) is 0.513. The van der Waals surface area contributed by atoms with Crippen molar-refractivity contribution in [3.05, 3.63) is 72.4 Å². The van der Waals surface area contributed by atoms with Crippen LogP contribution in [-0.2, 0) is 16.6 Å². The molecule has 0 atom stereocenters. The molecule has 8 nitrogen and oxygen atoms in total. The van der Waals surface area contributed by atoms with Gasteiger partial charge in [-0.25, -0.2) is 13.4 Å². The summed E-state index contributed by atoms with van der Waals surface area (Å²) in [5.41, 5.74) is 1.84. The van der Waals surface area contributed by atoms with Crippen LogP contribution in [0.2, 0.25) is 0 Å². The lowest BCUT2D eigenvalue weighted by molar-refractivity contribution is 0.174. The van der Waals surface area contributed by atoms with Crippen molar-refractivity contribution in [1.82, 2.24) is 9.88 Å². The Bertz CT molecular complexity index is 1230. The maximum absolute atomic E-state index is 13.2. The first kappa shape index (κ1) is 22.5. The van der Waals surface area contributed by atoms with Crippen LogP contribution in [0.3, 0.4) is 0 Å². The van der Waals surface area contributed by atoms with Gasteiger partial charge in [0.1, 0.15) is 10.7 Å². The molecule has 1 saturated heterocycles. The van der Waals surface area contributed by atoms with E-state index in [1.165, 1.54) is 16.1 Å². The van der Waals surface area contributed by atoms with Gasteiger partial charge in [-0.1, -0.05) is 24.3 Å². The van der Waals surface area contributed by atoms with Gasteiger partial charge in [0.25, 0.3) is 10.0 Å². The molecular weight excluding hydrogens is 452 g/mol. The molecule has 0 N–H and O–H groups in total. The monoisotopic (exact) mass is 480 g/mol. The highest BCUT2D eigenvalue weighted by molar-refractivity contribution is 7.92. The molecule has 1 fully saturated rings. The van der Waals surface area contributed by atoms with Gasteiger partial charge in [-0.15, -0.1) is 0 Å². The van der Waals surface area contributed by atoms with Crippen LogP contribution in [0.15, 0.2) is 71.8 Å². The minimum Gasteiger partial charge on any atom is -0.454 e. The van der Waals surface area contributed by atoms with Gasteiger partial charge in [0, 0.05) is 45.5 Å². The number of benzene rings is 2. The SMILES string of the molecule is CCN(c1ccccc1)S(=O)(=O)c1ccc(N2CCN(Cc3ccc4c(c3)OCO4)CC2)nc1. The van der Waals surface area contributed by atoms with Gasteiger partial charge in [-0.05, 0) is 48.9 Å². The smallest absolute Gasteiger partial charge is 0.265 e. The Morgan fingerprint density at radius 2 is 1.71 bits per heavy atom. The first-order valence-electron chi connectivity index (χ1n) is 11.4. The van der Waals surface area contributed by atoms with Crippen LogP contribution in [-0.4, -0.2) is 57.8 Å². The van der Waals surface area contributed by atoms with Crippen LogP contribution in [0.4, 0.5) is 11.5 Å². The second-order valence-corrected chi connectivity index (χ2v) is 10.2. The second-order valence-electron chi connectivity index (χ2n) is 8.31. The zero-order valence-electron chi connectivity index (χ0n) is 19.1. The van der Waals surface area contributed by atoms with Crippen molar-refractivity contribution in [2.75, 3.05) is 48.7 Å². The summed E-state index contributed by atoms with van der Waals surface area (Å²) in [6, 6.07) is 18.7. The molecule has 0 aliphatic carbocycles. The van der Waals surface area contributed by atoms with Crippen LogP contribution < -0.4 is 18.7 Å². The fourth-order valence-corrected chi connectivity index (χ4v) is 5.78. The van der Waals surface area contributed by atoms with E-state index in [2.05, 4.69) is 20.9 Å². The average Bonchev–Trinajstić information content (AvgIpc) is 3.34. The maximum Gasteiger partial charge on any atom is 0.265 e. The Labute approximate surface area is 200 Å². The number of nitrogens with zero attached hydrogens (tertiary/aromatic N) is 4. The zero-order chi connectivity index (χ0) is 23.5. The van der Waals surface area contributed by atoms with Gasteiger partial charge in [0.05, 0.1) is 5.69 Å². The zero-order valence-corrected chi connectivity index (χ0v) is 19.9. The molecule has 0 bridgehead atoms. The number of aromatic nitrogens is 1. The lowest BCUT2D eigenvalue weighted by Crippen LogP contribution is -2.46. The third-order valence-electron chi connectivity index (χ3n) is 6.18. The molecule has 0 radical (unpaired) electrons. The number of pyridine rings is 1. The molecule has 2 aliphatic rings. The van der Waals surface area contributed by atoms with Crippen LogP contribution in [0.1, 0.15) is 12.5 Å². The maximum atomic E-state index is 13.2. The predicted octanol–water partition coefficient (Wildman–Crippen LogP) is 3.35. The first-order valence-corrected chi connectivity index (χ1v) is 12.9. The third-order valence-corrected chi connectivity index (χ3v) is 8.07. The van der Waals surface area contributed by atoms with Crippen molar-refractivity contribution >= 4 is 21.5 Å². The van der Waals surface area contributed by atoms with E-state index in [4.69, 9.17) is 9.47 Å². The largest absolute Gasteiger partial charge is 0.454 e. The van der Waals surface area contributed by atoms with Crippen molar-refractivity contribution in [2.24, 2.45) is 0 Å². The van der Waals surface area contributed by atoms with E-state index >= 15 is 0 Å². The molecule has 1 aromatic heterocycles. The number of para-hydroxylation sites is 1. The Morgan fingerprint density at radius 3 is 2.41 bits per heavy atom. The first-order chi connectivity index (χ1) is 16.5. The van der Waals surface area contributed by atoms with E-state index in [0.29, 0.717) is 12.2 Å². The van der Waals surface area contributed by atoms with Crippen LogP contribution in [0, 0.1) is 0 Å². The summed E-state index contributed by atoms with van der Waals surface area (Å²) in [5, 5.41) is 0. The van der Waals surface area contributed by atoms with E-state index in [-0.39, 0.29) is 11.7 Å². The number of sulfonamides is 1. The Balaban J connectivity index is 1.21. The van der Waals surface area contributed by atoms with Gasteiger partial charge in [-0.3, -0.25) is 9.21 Å². The summed E-state index contributed by atoms with van der Waals surface area (Å²) >= 11 is 0. The summed E-state index contributed by atoms with van der Waals surface area (Å²) < 4.78 is 38.6. The van der Waals surface area contributed by atoms with Gasteiger partial charge in [-0.2, -0.15) is 0 Å². The predicted molar refractivity (Wildman–Crippen MR) is 131 cm³/mol. The Hall–Kier alpha value is -3.30. The molecular formula is C25H28N4O4S. The minimum absolute atomic E-state index is 0.198. The lowest BCUT2D eigenvalue weighted by Gasteiger charge is -2.35. The number of rotatable bonds is 7. The van der Waals surface area contributed by atoms with E-state index in [0.717, 1.165) is 50.0 Å². The highest BCUT2D eigenvalue weighted by atomic mass is 32.2. The van der Waals surface area contributed by atoms with Gasteiger partial charge in [0.2, 0.25) is 6.79 Å². The normalized spacial score (nSPS) is 16.0. The summed E-state index contributed by atoms with van der Waals surface area (Å²) in [6.45, 7) is 6.76. The summed E-state index contributed by atoms with van der Waals surface area (Å²) in [6.07, 6.45) is 1.47. The molecule has 0 saturated carbocycles. The topological polar surface area (TPSA) is 75.2 Å². The molecule has 3 aromatic rings. The summed E-state index contributed by atoms with van der Waals surface area (Å²) in [7, 11) is -3.67. The fraction of sp³-hybridized carbons (Fsp3) is 0.320. The van der Waals surface area contributed by atoms with Crippen LogP contribution in [0.25, 0.3) is 0 Å². The third kappa shape index (κ3) is 4.53. The molecule has 0 unspecified atom stereocenters. The van der Waals surface area contributed by atoms with E-state index in [1.54, 1.807) is 24.3 Å². The number of anilines is 2. The van der Waals surface area contributed by atoms with Gasteiger partial charge in [0.15, 0.2) is 11.5 Å². The lowest BCUT2D eigenvalue weighted by atomic mass is 10.1. The molecule has 9 heteroatoms. The highest BCUT2D eigenvalue weighted by Gasteiger charge is 2.25. The van der Waals surface area contributed by atoms with E-state index in [9.17, 15) is 8.42 Å². The van der Waals surface area contributed by atoms with Crippen molar-refractivity contribution in [1.29, 1.82) is 0 Å². The average molecular weight is 481 g/mol. The Kier molecular flexibility index (Phi) is 6.30. The van der Waals surface area contributed by atoms with Crippen LogP contribution in [0.5, 0.6) is 11.5 Å². The van der Waals surface area contributed by atoms with Gasteiger partial charge >= 0.3 is 0 Å². The number of hydrogen-bond acceptors (Lipinski definition) is 7. The standard InChI is InChI=1S/C25H28N4O4S/c1-2-29(21-6-4-3-5-7-21)34(30,31)22-9-11-25(26-17-22)28-14-12-27(13-15-28)18-20-8-10-23-24(16-20)33-19-32-23/h3-11,16-17H,2,12-15,18-19H2,1H3. The number of fused-ring (bicyclic) bond motifs is 1. The van der Waals surface area contributed by atoms with Crippen molar-refractivity contribution in [3.8, 4) is 11.5 Å². The molecule has 5 rings (SSSR count). The second kappa shape index (κ2) is 9.52. The fourth-order valence-electron chi connectivity index (χ4n) is 4.36. The van der Waals surface area contributed by atoms with Crippen molar-refractivity contribution in [2.45, 2.75) is 18.4 Å². The van der Waals surface area contributed by atoms with E-state index < -0.39 is 10.0 Å². The highest BCUT2D eigenvalue weighted by Crippen LogP contribution is 2.33. The molecule has 0 spiro atoms. The molecule has 2 aliphatic heterocycles. The summed E-state index contributed by atoms with van der Waals surface area (Å²) in [4.78, 5) is 9.29. The number of piperazine rings is 1. The van der Waals surface area contributed by atoms with Crippen LogP contribution >= 0.6 is 0 Å². The van der Waals surface area contributed by atoms with Gasteiger partial charge < -0.3 is 14.4 Å². The molecule has 3 heterocycles. The molecule has 34 heavy (non-hydrogen) atoms. The Morgan fingerprint density at radius 1 is 0.941 bits per heavy atom.